The molecule has 3 aromatic carbocycles. The first kappa shape index (κ1) is 21.9. The van der Waals surface area contributed by atoms with Crippen molar-refractivity contribution in [1.29, 1.82) is 0 Å². The Labute approximate surface area is 182 Å². The van der Waals surface area contributed by atoms with Crippen molar-refractivity contribution in [3.63, 3.8) is 0 Å². The largest absolute Gasteiger partial charge is 0.326 e. The molecule has 2 N–H and O–H groups in total. The van der Waals surface area contributed by atoms with Crippen molar-refractivity contribution in [2.24, 2.45) is 0 Å². The number of sulfonamides is 1. The molecule has 0 atom stereocenters. The lowest BCUT2D eigenvalue weighted by Gasteiger charge is -2.10. The van der Waals surface area contributed by atoms with Crippen molar-refractivity contribution < 1.29 is 13.2 Å². The summed E-state index contributed by atoms with van der Waals surface area (Å²) in [7, 11) is -3.73. The Hall–Kier alpha value is -2.83. The van der Waals surface area contributed by atoms with Gasteiger partial charge in [-0.25, -0.2) is 8.42 Å². The van der Waals surface area contributed by atoms with Crippen LogP contribution in [0.25, 0.3) is 0 Å². The number of amides is 1. The minimum absolute atomic E-state index is 0.103. The molecule has 0 aromatic heterocycles. The van der Waals surface area contributed by atoms with Gasteiger partial charge in [0.25, 0.3) is 10.0 Å². The molecule has 0 saturated carbocycles. The van der Waals surface area contributed by atoms with E-state index in [2.05, 4.69) is 29.1 Å². The normalized spacial score (nSPS) is 11.1. The van der Waals surface area contributed by atoms with Crippen LogP contribution >= 0.6 is 11.6 Å². The van der Waals surface area contributed by atoms with Crippen LogP contribution in [0.1, 0.15) is 24.5 Å². The van der Waals surface area contributed by atoms with Gasteiger partial charge in [0.1, 0.15) is 0 Å². The monoisotopic (exact) mass is 442 g/mol. The Balaban J connectivity index is 1.56. The maximum atomic E-state index is 12.5. The van der Waals surface area contributed by atoms with Gasteiger partial charge in [-0.1, -0.05) is 42.8 Å². The number of halogens is 1. The number of aryl methyl sites for hydroxylation is 2. The van der Waals surface area contributed by atoms with E-state index in [1.54, 1.807) is 36.4 Å². The van der Waals surface area contributed by atoms with Crippen molar-refractivity contribution in [2.75, 3.05) is 10.0 Å². The average molecular weight is 443 g/mol. The highest BCUT2D eigenvalue weighted by Crippen LogP contribution is 2.20. The van der Waals surface area contributed by atoms with E-state index < -0.39 is 10.0 Å². The summed E-state index contributed by atoms with van der Waals surface area (Å²) >= 11 is 5.82. The van der Waals surface area contributed by atoms with Crippen LogP contribution in [0.5, 0.6) is 0 Å². The molecule has 0 unspecified atom stereocenters. The predicted molar refractivity (Wildman–Crippen MR) is 121 cm³/mol. The predicted octanol–water partition coefficient (Wildman–Crippen LogP) is 5.27. The first-order chi connectivity index (χ1) is 14.4. The third-order valence-electron chi connectivity index (χ3n) is 4.62. The van der Waals surface area contributed by atoms with E-state index in [1.165, 1.54) is 17.7 Å². The highest BCUT2D eigenvalue weighted by molar-refractivity contribution is 7.92. The van der Waals surface area contributed by atoms with E-state index in [1.807, 2.05) is 12.1 Å². The van der Waals surface area contributed by atoms with Crippen molar-refractivity contribution in [1.82, 2.24) is 0 Å². The Morgan fingerprint density at radius 1 is 0.833 bits per heavy atom. The Kier molecular flexibility index (Phi) is 7.13. The maximum absolute atomic E-state index is 12.5. The summed E-state index contributed by atoms with van der Waals surface area (Å²) in [5, 5.41) is 3.32. The van der Waals surface area contributed by atoms with E-state index >= 15 is 0 Å². The molecule has 0 fully saturated rings. The van der Waals surface area contributed by atoms with Gasteiger partial charge in [-0.15, -0.1) is 0 Å². The fraction of sp³-hybridized carbons (Fsp3) is 0.174. The zero-order valence-electron chi connectivity index (χ0n) is 16.6. The summed E-state index contributed by atoms with van der Waals surface area (Å²) < 4.78 is 27.5. The van der Waals surface area contributed by atoms with Gasteiger partial charge in [0.2, 0.25) is 5.91 Å². The van der Waals surface area contributed by atoms with Crippen molar-refractivity contribution >= 4 is 38.9 Å². The molecular weight excluding hydrogens is 420 g/mol. The molecule has 0 aliphatic carbocycles. The van der Waals surface area contributed by atoms with E-state index in [-0.39, 0.29) is 10.8 Å². The maximum Gasteiger partial charge on any atom is 0.261 e. The zero-order chi connectivity index (χ0) is 21.6. The summed E-state index contributed by atoms with van der Waals surface area (Å²) in [6.07, 6.45) is 1.98. The van der Waals surface area contributed by atoms with Gasteiger partial charge in [-0.2, -0.15) is 0 Å². The number of nitrogens with one attached hydrogen (secondary N) is 2. The van der Waals surface area contributed by atoms with Crippen LogP contribution in [0.2, 0.25) is 5.02 Å². The Bertz CT molecular complexity index is 1090. The van der Waals surface area contributed by atoms with Gasteiger partial charge < -0.3 is 5.32 Å². The number of rotatable bonds is 8. The minimum atomic E-state index is -3.73. The molecular formula is C23H23ClN2O3S. The molecule has 30 heavy (non-hydrogen) atoms. The second kappa shape index (κ2) is 9.78. The number of hydrogen-bond acceptors (Lipinski definition) is 3. The fourth-order valence-corrected chi connectivity index (χ4v) is 4.06. The van der Waals surface area contributed by atoms with Crippen LogP contribution in [0, 0.1) is 0 Å². The molecule has 7 heteroatoms. The molecule has 0 radical (unpaired) electrons. The average Bonchev–Trinajstić information content (AvgIpc) is 2.74. The molecule has 3 rings (SSSR count). The first-order valence-electron chi connectivity index (χ1n) is 9.62. The number of hydrogen-bond donors (Lipinski definition) is 2. The van der Waals surface area contributed by atoms with Crippen LogP contribution in [0.15, 0.2) is 77.7 Å². The smallest absolute Gasteiger partial charge is 0.261 e. The van der Waals surface area contributed by atoms with Crippen molar-refractivity contribution in [2.45, 2.75) is 31.1 Å². The molecule has 0 heterocycles. The van der Waals surface area contributed by atoms with Gasteiger partial charge in [0, 0.05) is 22.8 Å². The van der Waals surface area contributed by atoms with Crippen molar-refractivity contribution in [3.05, 3.63) is 88.9 Å². The van der Waals surface area contributed by atoms with Crippen LogP contribution in [-0.4, -0.2) is 14.3 Å². The molecule has 5 nitrogen and oxygen atoms in total. The summed E-state index contributed by atoms with van der Waals surface area (Å²) in [5.74, 6) is -0.121. The summed E-state index contributed by atoms with van der Waals surface area (Å²) in [4.78, 5) is 12.3. The standard InChI is InChI=1S/C23H23ClN2O3S/c1-2-17-3-5-18(6-4-17)7-16-23(27)25-20-12-14-22(15-13-20)30(28,29)26-21-10-8-19(24)9-11-21/h3-6,8-15,26H,2,7,16H2,1H3,(H,25,27). The number of carbonyl (C=O) groups excluding carboxylic acids is 1. The fourth-order valence-electron chi connectivity index (χ4n) is 2.87. The van der Waals surface area contributed by atoms with Crippen LogP contribution in [0.3, 0.4) is 0 Å². The molecule has 0 saturated heterocycles. The number of carbonyl (C=O) groups is 1. The molecule has 3 aromatic rings. The van der Waals surface area contributed by atoms with Gasteiger partial charge >= 0.3 is 0 Å². The molecule has 0 aliphatic rings. The zero-order valence-corrected chi connectivity index (χ0v) is 18.1. The van der Waals surface area contributed by atoms with Gasteiger partial charge in [-0.05, 0) is 72.5 Å². The lowest BCUT2D eigenvalue weighted by Crippen LogP contribution is -2.14. The molecule has 156 valence electrons. The Morgan fingerprint density at radius 3 is 2.00 bits per heavy atom. The topological polar surface area (TPSA) is 75.3 Å². The number of anilines is 2. The van der Waals surface area contributed by atoms with Crippen LogP contribution in [-0.2, 0) is 27.7 Å². The third kappa shape index (κ3) is 6.08. The summed E-state index contributed by atoms with van der Waals surface area (Å²) in [5.41, 5.74) is 3.34. The molecule has 1 amide bonds. The van der Waals surface area contributed by atoms with Crippen LogP contribution in [0.4, 0.5) is 11.4 Å². The van der Waals surface area contributed by atoms with E-state index in [0.717, 1.165) is 12.0 Å². The first-order valence-corrected chi connectivity index (χ1v) is 11.5. The van der Waals surface area contributed by atoms with Gasteiger partial charge in [-0.3, -0.25) is 9.52 Å². The van der Waals surface area contributed by atoms with E-state index in [0.29, 0.717) is 29.2 Å². The third-order valence-corrected chi connectivity index (χ3v) is 6.27. The SMILES string of the molecule is CCc1ccc(CCC(=O)Nc2ccc(S(=O)(=O)Nc3ccc(Cl)cc3)cc2)cc1. The van der Waals surface area contributed by atoms with Gasteiger partial charge in [0.15, 0.2) is 0 Å². The van der Waals surface area contributed by atoms with Crippen LogP contribution < -0.4 is 10.0 Å². The minimum Gasteiger partial charge on any atom is -0.326 e. The quantitative estimate of drug-likeness (QED) is 0.498. The number of benzene rings is 3. The van der Waals surface area contributed by atoms with E-state index in [9.17, 15) is 13.2 Å². The molecule has 0 bridgehead atoms. The van der Waals surface area contributed by atoms with Gasteiger partial charge in [0.05, 0.1) is 4.90 Å². The Morgan fingerprint density at radius 2 is 1.40 bits per heavy atom. The van der Waals surface area contributed by atoms with Crippen molar-refractivity contribution in [3.8, 4) is 0 Å². The molecule has 0 aliphatic heterocycles. The summed E-state index contributed by atoms with van der Waals surface area (Å²) in [6, 6.07) is 20.7. The van der Waals surface area contributed by atoms with E-state index in [4.69, 9.17) is 11.6 Å². The summed E-state index contributed by atoms with van der Waals surface area (Å²) in [6.45, 7) is 2.10. The second-order valence-electron chi connectivity index (χ2n) is 6.85. The molecule has 0 spiro atoms. The second-order valence-corrected chi connectivity index (χ2v) is 8.97. The lowest BCUT2D eigenvalue weighted by molar-refractivity contribution is -0.116. The highest BCUT2D eigenvalue weighted by atomic mass is 35.5. The highest BCUT2D eigenvalue weighted by Gasteiger charge is 2.14. The lowest BCUT2D eigenvalue weighted by atomic mass is 10.1.